The van der Waals surface area contributed by atoms with Gasteiger partial charge in [0.15, 0.2) is 0 Å². The summed E-state index contributed by atoms with van der Waals surface area (Å²) in [6, 6.07) is 6.36. The molecule has 3 N–H and O–H groups in total. The maximum absolute atomic E-state index is 12.4. The van der Waals surface area contributed by atoms with E-state index in [-0.39, 0.29) is 11.7 Å². The van der Waals surface area contributed by atoms with Gasteiger partial charge in [0.1, 0.15) is 5.75 Å². The number of rotatable bonds is 4. The van der Waals surface area contributed by atoms with Crippen LogP contribution in [0.4, 0.5) is 0 Å². The summed E-state index contributed by atoms with van der Waals surface area (Å²) in [7, 11) is 0. The quantitative estimate of drug-likeness (QED) is 0.885. The summed E-state index contributed by atoms with van der Waals surface area (Å²) in [6.07, 6.45) is 1.60. The van der Waals surface area contributed by atoms with Crippen LogP contribution in [0, 0.1) is 0 Å². The fourth-order valence-electron chi connectivity index (χ4n) is 2.37. The number of amides is 1. The minimum atomic E-state index is -0.500. The van der Waals surface area contributed by atoms with Crippen molar-refractivity contribution in [3.05, 3.63) is 29.8 Å². The number of phenolic OH excluding ortho intramolecular Hbond substituents is 1. The van der Waals surface area contributed by atoms with Gasteiger partial charge in [-0.3, -0.25) is 4.79 Å². The van der Waals surface area contributed by atoms with E-state index in [0.717, 1.165) is 30.8 Å². The number of benzene rings is 1. The van der Waals surface area contributed by atoms with E-state index < -0.39 is 6.04 Å². The molecule has 1 aromatic carbocycles. The molecule has 1 aliphatic heterocycles. The van der Waals surface area contributed by atoms with Crippen molar-refractivity contribution in [3.8, 4) is 5.75 Å². The molecule has 0 saturated carbocycles. The second-order valence-corrected chi connectivity index (χ2v) is 6.57. The van der Waals surface area contributed by atoms with Gasteiger partial charge in [0.25, 0.3) is 0 Å². The Labute approximate surface area is 124 Å². The largest absolute Gasteiger partial charge is 0.508 e. The third-order valence-corrected chi connectivity index (χ3v) is 4.99. The standard InChI is InChI=1S/C15H22N2O2S/c1-2-13-10-17(7-8-20-13)15(19)14(16)9-11-3-5-12(18)6-4-11/h3-6,13-14,18H,2,7-10,16H2,1H3/t13?,14-/m1/s1. The lowest BCUT2D eigenvalue weighted by Crippen LogP contribution is -2.49. The minimum absolute atomic E-state index is 0.0387. The highest BCUT2D eigenvalue weighted by atomic mass is 32.2. The van der Waals surface area contributed by atoms with Crippen molar-refractivity contribution in [1.29, 1.82) is 0 Å². The number of nitrogens with two attached hydrogens (primary N) is 1. The number of hydrogen-bond donors (Lipinski definition) is 2. The fourth-order valence-corrected chi connectivity index (χ4v) is 3.55. The molecule has 1 unspecified atom stereocenters. The molecule has 20 heavy (non-hydrogen) atoms. The van der Waals surface area contributed by atoms with Crippen molar-refractivity contribution in [2.45, 2.75) is 31.1 Å². The minimum Gasteiger partial charge on any atom is -0.508 e. The Morgan fingerprint density at radius 1 is 1.50 bits per heavy atom. The Bertz CT molecular complexity index is 450. The van der Waals surface area contributed by atoms with Crippen LogP contribution in [0.1, 0.15) is 18.9 Å². The molecule has 1 fully saturated rings. The molecule has 1 saturated heterocycles. The molecule has 2 atom stereocenters. The molecular formula is C15H22N2O2S. The predicted octanol–water partition coefficient (Wildman–Crippen LogP) is 1.62. The number of aromatic hydroxyl groups is 1. The van der Waals surface area contributed by atoms with Gasteiger partial charge in [0.05, 0.1) is 6.04 Å². The van der Waals surface area contributed by atoms with Crippen LogP contribution in [0.2, 0.25) is 0 Å². The smallest absolute Gasteiger partial charge is 0.239 e. The van der Waals surface area contributed by atoms with Crippen molar-refractivity contribution in [2.75, 3.05) is 18.8 Å². The van der Waals surface area contributed by atoms with Crippen LogP contribution in [0.15, 0.2) is 24.3 Å². The number of hydrogen-bond acceptors (Lipinski definition) is 4. The van der Waals surface area contributed by atoms with Gasteiger partial charge in [-0.05, 0) is 30.5 Å². The van der Waals surface area contributed by atoms with Crippen molar-refractivity contribution in [3.63, 3.8) is 0 Å². The monoisotopic (exact) mass is 294 g/mol. The van der Waals surface area contributed by atoms with Crippen molar-refractivity contribution in [2.24, 2.45) is 5.73 Å². The number of phenols is 1. The van der Waals surface area contributed by atoms with Gasteiger partial charge in [0.2, 0.25) is 5.91 Å². The summed E-state index contributed by atoms with van der Waals surface area (Å²) in [5.41, 5.74) is 7.02. The zero-order valence-electron chi connectivity index (χ0n) is 11.8. The molecule has 0 aromatic heterocycles. The molecule has 0 radical (unpaired) electrons. The van der Waals surface area contributed by atoms with E-state index in [1.54, 1.807) is 12.1 Å². The molecule has 5 heteroatoms. The van der Waals surface area contributed by atoms with E-state index in [0.29, 0.717) is 11.7 Å². The average molecular weight is 294 g/mol. The van der Waals surface area contributed by atoms with Gasteiger partial charge in [-0.25, -0.2) is 0 Å². The Hall–Kier alpha value is -1.20. The SMILES string of the molecule is CCC1CN(C(=O)[C@H](N)Cc2ccc(O)cc2)CCS1. The first-order valence-electron chi connectivity index (χ1n) is 7.04. The first kappa shape index (κ1) is 15.2. The van der Waals surface area contributed by atoms with Crippen molar-refractivity contribution in [1.82, 2.24) is 4.90 Å². The fraction of sp³-hybridized carbons (Fsp3) is 0.533. The first-order chi connectivity index (χ1) is 9.60. The van der Waals surface area contributed by atoms with E-state index >= 15 is 0 Å². The zero-order valence-corrected chi connectivity index (χ0v) is 12.6. The van der Waals surface area contributed by atoms with Crippen LogP contribution in [0.25, 0.3) is 0 Å². The Balaban J connectivity index is 1.92. The molecule has 1 amide bonds. The van der Waals surface area contributed by atoms with Gasteiger partial charge >= 0.3 is 0 Å². The number of thioether (sulfide) groups is 1. The highest BCUT2D eigenvalue weighted by molar-refractivity contribution is 8.00. The highest BCUT2D eigenvalue weighted by Gasteiger charge is 2.26. The first-order valence-corrected chi connectivity index (χ1v) is 8.09. The van der Waals surface area contributed by atoms with E-state index in [9.17, 15) is 9.90 Å². The predicted molar refractivity (Wildman–Crippen MR) is 82.9 cm³/mol. The molecule has 2 rings (SSSR count). The molecule has 1 heterocycles. The topological polar surface area (TPSA) is 66.6 Å². The molecule has 4 nitrogen and oxygen atoms in total. The molecular weight excluding hydrogens is 272 g/mol. The zero-order chi connectivity index (χ0) is 14.5. The van der Waals surface area contributed by atoms with E-state index in [2.05, 4.69) is 6.92 Å². The summed E-state index contributed by atoms with van der Waals surface area (Å²) >= 11 is 1.94. The molecule has 0 spiro atoms. The Kier molecular flexibility index (Phi) is 5.31. The number of nitrogens with zero attached hydrogens (tertiary/aromatic N) is 1. The molecule has 0 bridgehead atoms. The highest BCUT2D eigenvalue weighted by Crippen LogP contribution is 2.21. The number of carbonyl (C=O) groups excluding carboxylic acids is 1. The third kappa shape index (κ3) is 3.90. The second kappa shape index (κ2) is 6.99. The van der Waals surface area contributed by atoms with E-state index in [1.165, 1.54) is 0 Å². The van der Waals surface area contributed by atoms with Crippen LogP contribution in [0.5, 0.6) is 5.75 Å². The summed E-state index contributed by atoms with van der Waals surface area (Å²) in [5.74, 6) is 1.26. The molecule has 0 aliphatic carbocycles. The van der Waals surface area contributed by atoms with Crippen LogP contribution < -0.4 is 5.73 Å². The van der Waals surface area contributed by atoms with Crippen LogP contribution in [-0.4, -0.2) is 46.0 Å². The van der Waals surface area contributed by atoms with E-state index in [1.807, 2.05) is 28.8 Å². The summed E-state index contributed by atoms with van der Waals surface area (Å²) in [4.78, 5) is 14.3. The average Bonchev–Trinajstić information content (AvgIpc) is 2.48. The maximum atomic E-state index is 12.4. The lowest BCUT2D eigenvalue weighted by atomic mass is 10.1. The van der Waals surface area contributed by atoms with Gasteiger partial charge < -0.3 is 15.7 Å². The molecule has 1 aromatic rings. The normalized spacial score (nSPS) is 20.7. The van der Waals surface area contributed by atoms with E-state index in [4.69, 9.17) is 5.73 Å². The molecule has 110 valence electrons. The summed E-state index contributed by atoms with van der Waals surface area (Å²) < 4.78 is 0. The maximum Gasteiger partial charge on any atom is 0.239 e. The van der Waals surface area contributed by atoms with Gasteiger partial charge in [0, 0.05) is 24.1 Å². The van der Waals surface area contributed by atoms with Gasteiger partial charge in [-0.15, -0.1) is 0 Å². The van der Waals surface area contributed by atoms with Gasteiger partial charge in [-0.1, -0.05) is 19.1 Å². The lowest BCUT2D eigenvalue weighted by molar-refractivity contribution is -0.132. The lowest BCUT2D eigenvalue weighted by Gasteiger charge is -2.33. The van der Waals surface area contributed by atoms with Crippen molar-refractivity contribution < 1.29 is 9.90 Å². The number of carbonyl (C=O) groups is 1. The Morgan fingerprint density at radius 2 is 2.20 bits per heavy atom. The van der Waals surface area contributed by atoms with Crippen LogP contribution >= 0.6 is 11.8 Å². The van der Waals surface area contributed by atoms with Gasteiger partial charge in [-0.2, -0.15) is 11.8 Å². The summed E-state index contributed by atoms with van der Waals surface area (Å²) in [6.45, 7) is 3.76. The summed E-state index contributed by atoms with van der Waals surface area (Å²) in [5, 5.41) is 9.79. The third-order valence-electron chi connectivity index (χ3n) is 3.61. The second-order valence-electron chi connectivity index (χ2n) is 5.16. The van der Waals surface area contributed by atoms with Crippen LogP contribution in [-0.2, 0) is 11.2 Å². The molecule has 1 aliphatic rings. The Morgan fingerprint density at radius 3 is 2.85 bits per heavy atom. The van der Waals surface area contributed by atoms with Crippen LogP contribution in [0.3, 0.4) is 0 Å². The van der Waals surface area contributed by atoms with Crippen molar-refractivity contribution >= 4 is 17.7 Å².